The van der Waals surface area contributed by atoms with Gasteiger partial charge in [0.25, 0.3) is 0 Å². The summed E-state index contributed by atoms with van der Waals surface area (Å²) in [5.41, 5.74) is -0.239. The van der Waals surface area contributed by atoms with Crippen LogP contribution in [-0.2, 0) is 21.7 Å². The van der Waals surface area contributed by atoms with Gasteiger partial charge in [0.15, 0.2) is 11.5 Å². The van der Waals surface area contributed by atoms with Crippen LogP contribution in [0.2, 0.25) is 0 Å². The zero-order valence-corrected chi connectivity index (χ0v) is 14.6. The van der Waals surface area contributed by atoms with Gasteiger partial charge in [0.05, 0.1) is 6.54 Å². The number of rotatable bonds is 5. The Balaban J connectivity index is 1.52. The van der Waals surface area contributed by atoms with Crippen LogP contribution in [0.1, 0.15) is 18.1 Å². The summed E-state index contributed by atoms with van der Waals surface area (Å²) in [5.74, 6) is -1.01. The Labute approximate surface area is 155 Å². The number of carbonyl (C=O) groups excluding carboxylic acids is 2. The Morgan fingerprint density at radius 3 is 2.48 bits per heavy atom. The molecule has 8 heteroatoms. The number of hydrogen-bond acceptors (Lipinski definition) is 5. The smallest absolute Gasteiger partial charge is 0.309 e. The van der Waals surface area contributed by atoms with E-state index in [1.807, 2.05) is 0 Å². The summed E-state index contributed by atoms with van der Waals surface area (Å²) in [6.45, 7) is 1.55. The number of nitrogens with one attached hydrogen (secondary N) is 2. The summed E-state index contributed by atoms with van der Waals surface area (Å²) < 4.78 is 23.3. The SMILES string of the molecule is CC(O)(CNC(=O)C(=O)NCc1ccc(F)cc1)c1ccc2c(c1)OCO2. The molecule has 3 N–H and O–H groups in total. The number of halogens is 1. The predicted octanol–water partition coefficient (Wildman–Crippen LogP) is 1.19. The Hall–Kier alpha value is -3.13. The van der Waals surface area contributed by atoms with Gasteiger partial charge in [-0.1, -0.05) is 18.2 Å². The first-order chi connectivity index (χ1) is 12.8. The van der Waals surface area contributed by atoms with Crippen molar-refractivity contribution in [1.82, 2.24) is 10.6 Å². The molecule has 7 nitrogen and oxygen atoms in total. The fourth-order valence-corrected chi connectivity index (χ4v) is 2.53. The molecule has 3 rings (SSSR count). The van der Waals surface area contributed by atoms with Crippen molar-refractivity contribution in [3.63, 3.8) is 0 Å². The van der Waals surface area contributed by atoms with Gasteiger partial charge in [0.2, 0.25) is 6.79 Å². The average molecular weight is 374 g/mol. The van der Waals surface area contributed by atoms with E-state index < -0.39 is 17.4 Å². The van der Waals surface area contributed by atoms with Crippen molar-refractivity contribution in [3.05, 3.63) is 59.4 Å². The summed E-state index contributed by atoms with van der Waals surface area (Å²) >= 11 is 0. The molecule has 2 amide bonds. The van der Waals surface area contributed by atoms with Crippen LogP contribution in [0.25, 0.3) is 0 Å². The largest absolute Gasteiger partial charge is 0.454 e. The van der Waals surface area contributed by atoms with E-state index in [1.54, 1.807) is 18.2 Å². The number of ether oxygens (including phenoxy) is 2. The van der Waals surface area contributed by atoms with Gasteiger partial charge in [-0.3, -0.25) is 9.59 Å². The summed E-state index contributed by atoms with van der Waals surface area (Å²) in [6.07, 6.45) is 0. The number of fused-ring (bicyclic) bond motifs is 1. The van der Waals surface area contributed by atoms with E-state index in [4.69, 9.17) is 9.47 Å². The topological polar surface area (TPSA) is 96.9 Å². The number of benzene rings is 2. The van der Waals surface area contributed by atoms with Crippen LogP contribution >= 0.6 is 0 Å². The third-order valence-corrected chi connectivity index (χ3v) is 4.16. The van der Waals surface area contributed by atoms with Crippen molar-refractivity contribution >= 4 is 11.8 Å². The standard InChI is InChI=1S/C19H19FN2O5/c1-19(25,13-4-7-15-16(8-13)27-11-26-15)10-22-18(24)17(23)21-9-12-2-5-14(20)6-3-12/h2-8,25H,9-11H2,1H3,(H,21,23)(H,22,24). The second-order valence-electron chi connectivity index (χ2n) is 6.33. The lowest BCUT2D eigenvalue weighted by Crippen LogP contribution is -2.45. The summed E-state index contributed by atoms with van der Waals surface area (Å²) in [7, 11) is 0. The molecule has 2 aromatic carbocycles. The molecule has 27 heavy (non-hydrogen) atoms. The first-order valence-corrected chi connectivity index (χ1v) is 8.28. The molecule has 0 saturated carbocycles. The third-order valence-electron chi connectivity index (χ3n) is 4.16. The summed E-state index contributed by atoms with van der Waals surface area (Å²) in [5, 5.41) is 15.4. The van der Waals surface area contributed by atoms with Gasteiger partial charge in [-0.25, -0.2) is 4.39 Å². The second kappa shape index (κ2) is 7.63. The normalized spacial score (nSPS) is 14.3. The molecule has 2 aromatic rings. The van der Waals surface area contributed by atoms with Gasteiger partial charge >= 0.3 is 11.8 Å². The fourth-order valence-electron chi connectivity index (χ4n) is 2.53. The van der Waals surface area contributed by atoms with Crippen molar-refractivity contribution in [2.45, 2.75) is 19.1 Å². The van der Waals surface area contributed by atoms with E-state index >= 15 is 0 Å². The number of amides is 2. The van der Waals surface area contributed by atoms with Crippen molar-refractivity contribution < 1.29 is 28.6 Å². The molecule has 0 radical (unpaired) electrons. The molecule has 0 aliphatic carbocycles. The minimum Gasteiger partial charge on any atom is -0.454 e. The Morgan fingerprint density at radius 1 is 1.07 bits per heavy atom. The molecule has 1 unspecified atom stereocenters. The molecular formula is C19H19FN2O5. The Kier molecular flexibility index (Phi) is 5.27. The average Bonchev–Trinajstić information content (AvgIpc) is 3.13. The predicted molar refractivity (Wildman–Crippen MR) is 93.4 cm³/mol. The number of hydrogen-bond donors (Lipinski definition) is 3. The van der Waals surface area contributed by atoms with Crippen molar-refractivity contribution in [2.75, 3.05) is 13.3 Å². The molecule has 142 valence electrons. The molecular weight excluding hydrogens is 355 g/mol. The second-order valence-corrected chi connectivity index (χ2v) is 6.33. The number of carbonyl (C=O) groups is 2. The Bertz CT molecular complexity index is 852. The van der Waals surface area contributed by atoms with Crippen LogP contribution in [0, 0.1) is 5.82 Å². The highest BCUT2D eigenvalue weighted by molar-refractivity contribution is 6.35. The molecule has 0 bridgehead atoms. The highest BCUT2D eigenvalue weighted by Crippen LogP contribution is 2.35. The minimum absolute atomic E-state index is 0.0884. The maximum absolute atomic E-state index is 12.8. The molecule has 0 fully saturated rings. The van der Waals surface area contributed by atoms with E-state index in [1.165, 1.54) is 31.2 Å². The maximum Gasteiger partial charge on any atom is 0.309 e. The third kappa shape index (κ3) is 4.53. The van der Waals surface area contributed by atoms with Gasteiger partial charge in [0, 0.05) is 6.54 Å². The van der Waals surface area contributed by atoms with Crippen LogP contribution in [0.15, 0.2) is 42.5 Å². The van der Waals surface area contributed by atoms with E-state index in [0.717, 1.165) is 0 Å². The lowest BCUT2D eigenvalue weighted by atomic mass is 9.95. The lowest BCUT2D eigenvalue weighted by Gasteiger charge is -2.24. The van der Waals surface area contributed by atoms with Crippen LogP contribution in [0.5, 0.6) is 11.5 Å². The first-order valence-electron chi connectivity index (χ1n) is 8.28. The van der Waals surface area contributed by atoms with E-state index in [2.05, 4.69) is 10.6 Å². The molecule has 1 aliphatic rings. The maximum atomic E-state index is 12.8. The zero-order chi connectivity index (χ0) is 19.4. The van der Waals surface area contributed by atoms with Crippen LogP contribution in [0.3, 0.4) is 0 Å². The first kappa shape index (κ1) is 18.7. The van der Waals surface area contributed by atoms with Crippen molar-refractivity contribution in [2.24, 2.45) is 0 Å². The Morgan fingerprint density at radius 2 is 1.74 bits per heavy atom. The van der Waals surface area contributed by atoms with E-state index in [0.29, 0.717) is 22.6 Å². The molecule has 1 aliphatic heterocycles. The number of aliphatic hydroxyl groups is 1. The van der Waals surface area contributed by atoms with Crippen LogP contribution in [-0.4, -0.2) is 30.3 Å². The van der Waals surface area contributed by atoms with Gasteiger partial charge < -0.3 is 25.2 Å². The van der Waals surface area contributed by atoms with Gasteiger partial charge in [0.1, 0.15) is 11.4 Å². The molecule has 1 atom stereocenters. The van der Waals surface area contributed by atoms with E-state index in [9.17, 15) is 19.1 Å². The highest BCUT2D eigenvalue weighted by atomic mass is 19.1. The zero-order valence-electron chi connectivity index (χ0n) is 14.6. The van der Waals surface area contributed by atoms with Crippen molar-refractivity contribution in [1.29, 1.82) is 0 Å². The molecule has 1 heterocycles. The van der Waals surface area contributed by atoms with Gasteiger partial charge in [-0.05, 0) is 42.3 Å². The summed E-state index contributed by atoms with van der Waals surface area (Å²) in [4.78, 5) is 23.8. The van der Waals surface area contributed by atoms with Crippen LogP contribution in [0.4, 0.5) is 4.39 Å². The highest BCUT2D eigenvalue weighted by Gasteiger charge is 2.27. The fraction of sp³-hybridized carbons (Fsp3) is 0.263. The quantitative estimate of drug-likeness (QED) is 0.684. The summed E-state index contributed by atoms with van der Waals surface area (Å²) in [6, 6.07) is 10.5. The monoisotopic (exact) mass is 374 g/mol. The van der Waals surface area contributed by atoms with Gasteiger partial charge in [-0.2, -0.15) is 0 Å². The van der Waals surface area contributed by atoms with Crippen LogP contribution < -0.4 is 20.1 Å². The lowest BCUT2D eigenvalue weighted by molar-refractivity contribution is -0.139. The van der Waals surface area contributed by atoms with Crippen molar-refractivity contribution in [3.8, 4) is 11.5 Å². The minimum atomic E-state index is -1.41. The molecule has 0 saturated heterocycles. The molecule has 0 spiro atoms. The van der Waals surface area contributed by atoms with Gasteiger partial charge in [-0.15, -0.1) is 0 Å². The molecule has 0 aromatic heterocycles. The van der Waals surface area contributed by atoms with E-state index in [-0.39, 0.29) is 25.7 Å².